The summed E-state index contributed by atoms with van der Waals surface area (Å²) in [5.41, 5.74) is -0.520. The second-order valence-corrected chi connectivity index (χ2v) is 9.91. The average molecular weight is 510 g/mol. The third-order valence-corrected chi connectivity index (χ3v) is 7.02. The molecule has 0 heterocycles. The Morgan fingerprint density at radius 2 is 1.59 bits per heavy atom. The molecular weight excluding hydrogens is 489 g/mol. The van der Waals surface area contributed by atoms with Crippen molar-refractivity contribution in [3.8, 4) is 11.5 Å². The van der Waals surface area contributed by atoms with Crippen LogP contribution in [0.25, 0.3) is 0 Å². The zero-order chi connectivity index (χ0) is 24.9. The van der Waals surface area contributed by atoms with Gasteiger partial charge >= 0.3 is 16.1 Å². The number of sulfonamides is 1. The number of carbonyl (C=O) groups excluding carboxylic acids is 1. The van der Waals surface area contributed by atoms with Gasteiger partial charge < -0.3 is 13.7 Å². The third-order valence-electron chi connectivity index (χ3n) is 4.39. The first-order chi connectivity index (χ1) is 16.1. The summed E-state index contributed by atoms with van der Waals surface area (Å²) in [4.78, 5) is 11.9. The molecule has 0 aliphatic heterocycles. The van der Waals surface area contributed by atoms with Crippen LogP contribution in [0.1, 0.15) is 17.3 Å². The van der Waals surface area contributed by atoms with Crippen LogP contribution in [0.3, 0.4) is 0 Å². The molecule has 0 amide bonds. The lowest BCUT2D eigenvalue weighted by Crippen LogP contribution is -2.17. The number of carbonyl (C=O) groups is 1. The summed E-state index contributed by atoms with van der Waals surface area (Å²) < 4.78 is 81.8. The molecule has 9 nitrogen and oxygen atoms in total. The number of halogens is 1. The van der Waals surface area contributed by atoms with E-state index in [9.17, 15) is 26.0 Å². The molecule has 34 heavy (non-hydrogen) atoms. The fourth-order valence-electron chi connectivity index (χ4n) is 2.81. The van der Waals surface area contributed by atoms with E-state index in [0.29, 0.717) is 0 Å². The molecule has 180 valence electrons. The molecule has 3 aromatic rings. The topological polar surface area (TPSA) is 125 Å². The van der Waals surface area contributed by atoms with Gasteiger partial charge in [0.05, 0.1) is 24.3 Å². The predicted molar refractivity (Wildman–Crippen MR) is 120 cm³/mol. The molecule has 0 radical (unpaired) electrons. The van der Waals surface area contributed by atoms with Crippen molar-refractivity contribution < 1.29 is 39.7 Å². The highest BCUT2D eigenvalue weighted by Crippen LogP contribution is 2.29. The van der Waals surface area contributed by atoms with Crippen LogP contribution < -0.4 is 13.6 Å². The van der Waals surface area contributed by atoms with Crippen LogP contribution in [0.4, 0.5) is 10.1 Å². The number of nitrogens with one attached hydrogen (secondary N) is 1. The summed E-state index contributed by atoms with van der Waals surface area (Å²) in [6.07, 6.45) is 0. The highest BCUT2D eigenvalue weighted by molar-refractivity contribution is 7.92. The number of methoxy groups -OCH3 is 1. The minimum absolute atomic E-state index is 0.0515. The lowest BCUT2D eigenvalue weighted by Gasteiger charge is -2.14. The molecule has 0 saturated heterocycles. The fraction of sp³-hybridized carbons (Fsp3) is 0.136. The highest BCUT2D eigenvalue weighted by atomic mass is 32.2. The molecule has 0 aromatic heterocycles. The Morgan fingerprint density at radius 3 is 2.21 bits per heavy atom. The Kier molecular flexibility index (Phi) is 7.42. The van der Waals surface area contributed by atoms with E-state index in [2.05, 4.69) is 4.72 Å². The Bertz CT molecular complexity index is 1410. The van der Waals surface area contributed by atoms with E-state index in [1.807, 2.05) is 0 Å². The van der Waals surface area contributed by atoms with E-state index >= 15 is 0 Å². The van der Waals surface area contributed by atoms with Crippen LogP contribution in [0, 0.1) is 5.82 Å². The summed E-state index contributed by atoms with van der Waals surface area (Å²) in [5.74, 6) is -2.27. The quantitative estimate of drug-likeness (QED) is 0.343. The van der Waals surface area contributed by atoms with Crippen molar-refractivity contribution >= 4 is 31.8 Å². The summed E-state index contributed by atoms with van der Waals surface area (Å²) >= 11 is 0. The van der Waals surface area contributed by atoms with Gasteiger partial charge in [0.2, 0.25) is 0 Å². The number of anilines is 1. The van der Waals surface area contributed by atoms with E-state index < -0.39 is 48.1 Å². The summed E-state index contributed by atoms with van der Waals surface area (Å²) in [7, 11) is -7.36. The molecule has 3 aromatic carbocycles. The molecule has 3 rings (SSSR count). The maximum absolute atomic E-state index is 13.9. The first-order valence-electron chi connectivity index (χ1n) is 9.74. The maximum atomic E-state index is 13.9. The van der Waals surface area contributed by atoms with Crippen molar-refractivity contribution in [3.05, 3.63) is 78.1 Å². The molecule has 0 atom stereocenters. The van der Waals surface area contributed by atoms with Crippen LogP contribution >= 0.6 is 0 Å². The standard InChI is InChI=1S/C22H20FNO8S2/c1-3-31-22(25)18-14-17(33(26,27)24-15-9-11-21(30-2)19(23)13-15)10-12-20(18)32-34(28,29)16-7-5-4-6-8-16/h4-14,24H,3H2,1-2H3. The van der Waals surface area contributed by atoms with Crippen molar-refractivity contribution in [2.45, 2.75) is 16.7 Å². The monoisotopic (exact) mass is 509 g/mol. The minimum atomic E-state index is -4.32. The number of hydrogen-bond donors (Lipinski definition) is 1. The van der Waals surface area contributed by atoms with Crippen molar-refractivity contribution in [2.24, 2.45) is 0 Å². The molecule has 0 saturated carbocycles. The van der Waals surface area contributed by atoms with Crippen LogP contribution in [0.2, 0.25) is 0 Å². The third kappa shape index (κ3) is 5.64. The summed E-state index contributed by atoms with van der Waals surface area (Å²) in [6.45, 7) is 1.48. The molecule has 0 aliphatic carbocycles. The zero-order valence-electron chi connectivity index (χ0n) is 18.0. The number of esters is 1. The van der Waals surface area contributed by atoms with Gasteiger partial charge in [-0.3, -0.25) is 4.72 Å². The number of rotatable bonds is 9. The van der Waals surface area contributed by atoms with Gasteiger partial charge in [0.1, 0.15) is 10.5 Å². The Balaban J connectivity index is 1.99. The molecule has 1 N–H and O–H groups in total. The van der Waals surface area contributed by atoms with Gasteiger partial charge in [0, 0.05) is 6.07 Å². The van der Waals surface area contributed by atoms with E-state index in [1.54, 1.807) is 6.07 Å². The van der Waals surface area contributed by atoms with E-state index in [4.69, 9.17) is 13.7 Å². The highest BCUT2D eigenvalue weighted by Gasteiger charge is 2.25. The van der Waals surface area contributed by atoms with Gasteiger partial charge in [-0.2, -0.15) is 8.42 Å². The predicted octanol–water partition coefficient (Wildman–Crippen LogP) is 3.58. The van der Waals surface area contributed by atoms with Crippen LogP contribution in [0.15, 0.2) is 76.5 Å². The number of hydrogen-bond acceptors (Lipinski definition) is 8. The Labute approximate surface area is 196 Å². The van der Waals surface area contributed by atoms with Crippen LogP contribution in [0.5, 0.6) is 11.5 Å². The molecule has 12 heteroatoms. The Morgan fingerprint density at radius 1 is 0.912 bits per heavy atom. The largest absolute Gasteiger partial charge is 0.494 e. The molecule has 0 bridgehead atoms. The van der Waals surface area contributed by atoms with Crippen LogP contribution in [-0.4, -0.2) is 36.5 Å². The van der Waals surface area contributed by atoms with Gasteiger partial charge in [-0.05, 0) is 49.4 Å². The summed E-state index contributed by atoms with van der Waals surface area (Å²) in [6, 6.07) is 13.6. The molecule has 0 unspecified atom stereocenters. The SMILES string of the molecule is CCOC(=O)c1cc(S(=O)(=O)Nc2ccc(OC)c(F)c2)ccc1OS(=O)(=O)c1ccccc1. The number of benzene rings is 3. The summed E-state index contributed by atoms with van der Waals surface area (Å²) in [5, 5.41) is 0. The maximum Gasteiger partial charge on any atom is 0.342 e. The first kappa shape index (κ1) is 25.0. The van der Waals surface area contributed by atoms with Crippen molar-refractivity contribution in [3.63, 3.8) is 0 Å². The van der Waals surface area contributed by atoms with E-state index in [-0.39, 0.29) is 22.9 Å². The lowest BCUT2D eigenvalue weighted by molar-refractivity contribution is 0.0524. The van der Waals surface area contributed by atoms with Crippen molar-refractivity contribution in [2.75, 3.05) is 18.4 Å². The van der Waals surface area contributed by atoms with Gasteiger partial charge in [-0.25, -0.2) is 17.6 Å². The van der Waals surface area contributed by atoms with Gasteiger partial charge in [0.25, 0.3) is 10.0 Å². The molecular formula is C22H20FNO8S2. The molecule has 0 aliphatic rings. The second-order valence-electron chi connectivity index (χ2n) is 6.68. The van der Waals surface area contributed by atoms with Gasteiger partial charge in [-0.15, -0.1) is 0 Å². The van der Waals surface area contributed by atoms with Gasteiger partial charge in [0.15, 0.2) is 17.3 Å². The first-order valence-corrected chi connectivity index (χ1v) is 12.6. The fourth-order valence-corrected chi connectivity index (χ4v) is 4.86. The zero-order valence-corrected chi connectivity index (χ0v) is 19.7. The minimum Gasteiger partial charge on any atom is -0.494 e. The normalized spacial score (nSPS) is 11.5. The molecule has 0 spiro atoms. The number of ether oxygens (including phenoxy) is 2. The van der Waals surface area contributed by atoms with Crippen molar-refractivity contribution in [1.29, 1.82) is 0 Å². The van der Waals surface area contributed by atoms with Crippen molar-refractivity contribution in [1.82, 2.24) is 0 Å². The smallest absolute Gasteiger partial charge is 0.342 e. The Hall–Kier alpha value is -3.64. The molecule has 0 fully saturated rings. The van der Waals surface area contributed by atoms with E-state index in [1.165, 1.54) is 50.4 Å². The van der Waals surface area contributed by atoms with Crippen LogP contribution in [-0.2, 0) is 24.9 Å². The average Bonchev–Trinajstić information content (AvgIpc) is 2.79. The lowest BCUT2D eigenvalue weighted by atomic mass is 10.2. The van der Waals surface area contributed by atoms with Gasteiger partial charge in [-0.1, -0.05) is 18.2 Å². The second kappa shape index (κ2) is 10.1. The van der Waals surface area contributed by atoms with E-state index in [0.717, 1.165) is 24.3 Å².